The molecule has 0 radical (unpaired) electrons. The summed E-state index contributed by atoms with van der Waals surface area (Å²) in [4.78, 5) is 27.2. The molecule has 2 aromatic rings. The number of nitrogens with one attached hydrogen (secondary N) is 1. The summed E-state index contributed by atoms with van der Waals surface area (Å²) in [7, 11) is 1.62. The van der Waals surface area contributed by atoms with Crippen molar-refractivity contribution in [3.63, 3.8) is 0 Å². The molecule has 176 valence electrons. The molecule has 1 aromatic heterocycles. The molecule has 0 fully saturated rings. The third kappa shape index (κ3) is 6.84. The van der Waals surface area contributed by atoms with Crippen LogP contribution in [0.3, 0.4) is 0 Å². The van der Waals surface area contributed by atoms with Crippen molar-refractivity contribution < 1.29 is 14.3 Å². The van der Waals surface area contributed by atoms with Crippen LogP contribution >= 0.6 is 0 Å². The second kappa shape index (κ2) is 11.2. The Kier molecular flexibility index (Phi) is 8.87. The van der Waals surface area contributed by atoms with Gasteiger partial charge in [0.1, 0.15) is 18.1 Å². The van der Waals surface area contributed by atoms with Gasteiger partial charge in [-0.15, -0.1) is 0 Å². The molecule has 0 aliphatic heterocycles. The molecule has 0 saturated carbocycles. The maximum atomic E-state index is 12.9. The summed E-state index contributed by atoms with van der Waals surface area (Å²) in [5, 5.41) is 7.71. The van der Waals surface area contributed by atoms with Crippen LogP contribution in [-0.4, -0.2) is 46.2 Å². The van der Waals surface area contributed by atoms with Crippen LogP contribution in [-0.2, 0) is 15.0 Å². The van der Waals surface area contributed by atoms with Gasteiger partial charge in [-0.1, -0.05) is 40.5 Å². The first kappa shape index (κ1) is 25.4. The molecular weight excluding hydrogens is 404 g/mol. The molecule has 2 amide bonds. The minimum absolute atomic E-state index is 0.0151. The molecule has 7 heteroatoms. The van der Waals surface area contributed by atoms with Crippen molar-refractivity contribution in [3.8, 4) is 11.4 Å². The minimum Gasteiger partial charge on any atom is -0.497 e. The SMILES string of the molecule is CCCCCC(=O)N(CC(=O)Nc1cc(C(C)(C)C)nn1-c1ccc(OC)cc1)C(C)C. The van der Waals surface area contributed by atoms with Crippen molar-refractivity contribution in [2.75, 3.05) is 19.0 Å². The normalized spacial score (nSPS) is 11.5. The number of unbranched alkanes of at least 4 members (excludes halogenated alkanes) is 2. The van der Waals surface area contributed by atoms with Gasteiger partial charge in [0.2, 0.25) is 11.8 Å². The summed E-state index contributed by atoms with van der Waals surface area (Å²) < 4.78 is 6.97. The first-order valence-electron chi connectivity index (χ1n) is 11.4. The number of carbonyl (C=O) groups is 2. The third-order valence-electron chi connectivity index (χ3n) is 5.31. The van der Waals surface area contributed by atoms with E-state index in [-0.39, 0.29) is 29.8 Å². The van der Waals surface area contributed by atoms with Crippen LogP contribution in [0.2, 0.25) is 0 Å². The van der Waals surface area contributed by atoms with Crippen molar-refractivity contribution in [1.82, 2.24) is 14.7 Å². The highest BCUT2D eigenvalue weighted by molar-refractivity contribution is 5.94. The van der Waals surface area contributed by atoms with E-state index in [9.17, 15) is 9.59 Å². The van der Waals surface area contributed by atoms with E-state index < -0.39 is 0 Å². The van der Waals surface area contributed by atoms with Crippen molar-refractivity contribution in [2.24, 2.45) is 0 Å². The number of ether oxygens (including phenoxy) is 1. The molecule has 0 aliphatic rings. The van der Waals surface area contributed by atoms with Gasteiger partial charge in [0, 0.05) is 23.9 Å². The standard InChI is InChI=1S/C25H38N4O3/c1-8-9-10-11-24(31)28(18(2)3)17-23(30)26-22-16-21(25(4,5)6)27-29(22)19-12-14-20(32-7)15-13-19/h12-16,18H,8-11,17H2,1-7H3,(H,26,30). The molecule has 0 spiro atoms. The summed E-state index contributed by atoms with van der Waals surface area (Å²) in [6, 6.07) is 9.35. The molecule has 1 N–H and O–H groups in total. The van der Waals surface area contributed by atoms with Crippen LogP contribution in [0.5, 0.6) is 5.75 Å². The zero-order valence-electron chi connectivity index (χ0n) is 20.6. The van der Waals surface area contributed by atoms with E-state index in [2.05, 4.69) is 33.0 Å². The fourth-order valence-electron chi connectivity index (χ4n) is 3.32. The van der Waals surface area contributed by atoms with Crippen molar-refractivity contribution in [3.05, 3.63) is 36.0 Å². The lowest BCUT2D eigenvalue weighted by Crippen LogP contribution is -2.42. The lowest BCUT2D eigenvalue weighted by molar-refractivity contribution is -0.136. The molecule has 0 saturated heterocycles. The van der Waals surface area contributed by atoms with E-state index in [4.69, 9.17) is 9.84 Å². The van der Waals surface area contributed by atoms with E-state index in [1.54, 1.807) is 16.7 Å². The smallest absolute Gasteiger partial charge is 0.245 e. The average molecular weight is 443 g/mol. The Balaban J connectivity index is 2.24. The van der Waals surface area contributed by atoms with Gasteiger partial charge in [-0.05, 0) is 44.5 Å². The topological polar surface area (TPSA) is 76.5 Å². The number of aromatic nitrogens is 2. The van der Waals surface area contributed by atoms with E-state index in [0.29, 0.717) is 12.2 Å². The maximum Gasteiger partial charge on any atom is 0.245 e. The maximum absolute atomic E-state index is 12.9. The van der Waals surface area contributed by atoms with Gasteiger partial charge in [-0.2, -0.15) is 5.10 Å². The van der Waals surface area contributed by atoms with Gasteiger partial charge in [0.05, 0.1) is 18.5 Å². The number of carbonyl (C=O) groups excluding carboxylic acids is 2. The summed E-state index contributed by atoms with van der Waals surface area (Å²) in [5.74, 6) is 1.10. The van der Waals surface area contributed by atoms with E-state index in [0.717, 1.165) is 36.4 Å². The predicted octanol–water partition coefficient (Wildman–Crippen LogP) is 4.93. The predicted molar refractivity (Wildman–Crippen MR) is 128 cm³/mol. The molecule has 1 aromatic carbocycles. The fraction of sp³-hybridized carbons (Fsp3) is 0.560. The molecule has 7 nitrogen and oxygen atoms in total. The Morgan fingerprint density at radius 2 is 1.81 bits per heavy atom. The second-order valence-electron chi connectivity index (χ2n) is 9.40. The first-order valence-corrected chi connectivity index (χ1v) is 11.4. The largest absolute Gasteiger partial charge is 0.497 e. The van der Waals surface area contributed by atoms with E-state index in [1.807, 2.05) is 44.2 Å². The Hall–Kier alpha value is -2.83. The summed E-state index contributed by atoms with van der Waals surface area (Å²) >= 11 is 0. The van der Waals surface area contributed by atoms with Crippen LogP contribution in [0.25, 0.3) is 5.69 Å². The van der Waals surface area contributed by atoms with E-state index >= 15 is 0 Å². The summed E-state index contributed by atoms with van der Waals surface area (Å²) in [6.45, 7) is 12.2. The first-order chi connectivity index (χ1) is 15.1. The van der Waals surface area contributed by atoms with Crippen LogP contribution in [0.4, 0.5) is 5.82 Å². The van der Waals surface area contributed by atoms with Gasteiger partial charge in [-0.25, -0.2) is 4.68 Å². The molecular formula is C25H38N4O3. The molecule has 32 heavy (non-hydrogen) atoms. The number of rotatable bonds is 10. The van der Waals surface area contributed by atoms with Crippen LogP contribution in [0.1, 0.15) is 72.9 Å². The Morgan fingerprint density at radius 1 is 1.16 bits per heavy atom. The van der Waals surface area contributed by atoms with Gasteiger partial charge in [-0.3, -0.25) is 9.59 Å². The highest BCUT2D eigenvalue weighted by Gasteiger charge is 2.24. The molecule has 0 atom stereocenters. The van der Waals surface area contributed by atoms with Gasteiger partial charge in [0.15, 0.2) is 0 Å². The average Bonchev–Trinajstić information content (AvgIpc) is 3.16. The number of amides is 2. The fourth-order valence-corrected chi connectivity index (χ4v) is 3.32. The number of hydrogen-bond acceptors (Lipinski definition) is 4. The van der Waals surface area contributed by atoms with Crippen LogP contribution in [0.15, 0.2) is 30.3 Å². The molecule has 1 heterocycles. The van der Waals surface area contributed by atoms with Crippen molar-refractivity contribution in [1.29, 1.82) is 0 Å². The second-order valence-corrected chi connectivity index (χ2v) is 9.40. The van der Waals surface area contributed by atoms with Crippen molar-refractivity contribution in [2.45, 2.75) is 78.7 Å². The summed E-state index contributed by atoms with van der Waals surface area (Å²) in [6.07, 6.45) is 3.39. The zero-order valence-corrected chi connectivity index (χ0v) is 20.6. The van der Waals surface area contributed by atoms with Crippen molar-refractivity contribution >= 4 is 17.6 Å². The number of nitrogens with zero attached hydrogens (tertiary/aromatic N) is 3. The highest BCUT2D eigenvalue weighted by atomic mass is 16.5. The van der Waals surface area contributed by atoms with Gasteiger partial charge in [0.25, 0.3) is 0 Å². The number of methoxy groups -OCH3 is 1. The third-order valence-corrected chi connectivity index (χ3v) is 5.31. The highest BCUT2D eigenvalue weighted by Crippen LogP contribution is 2.27. The number of benzene rings is 1. The quantitative estimate of drug-likeness (QED) is 0.529. The lowest BCUT2D eigenvalue weighted by Gasteiger charge is -2.26. The monoisotopic (exact) mass is 442 g/mol. The Morgan fingerprint density at radius 3 is 2.34 bits per heavy atom. The van der Waals surface area contributed by atoms with Crippen LogP contribution < -0.4 is 10.1 Å². The molecule has 2 rings (SSSR count). The van der Waals surface area contributed by atoms with Crippen LogP contribution in [0, 0.1) is 0 Å². The number of hydrogen-bond donors (Lipinski definition) is 1. The molecule has 0 aliphatic carbocycles. The zero-order chi connectivity index (χ0) is 23.9. The lowest BCUT2D eigenvalue weighted by atomic mass is 9.92. The van der Waals surface area contributed by atoms with Gasteiger partial charge >= 0.3 is 0 Å². The van der Waals surface area contributed by atoms with E-state index in [1.165, 1.54) is 0 Å². The molecule has 0 unspecified atom stereocenters. The Bertz CT molecular complexity index is 895. The summed E-state index contributed by atoms with van der Waals surface area (Å²) in [5.41, 5.74) is 1.49. The minimum atomic E-state index is -0.238. The Labute approximate surface area is 192 Å². The number of anilines is 1. The van der Waals surface area contributed by atoms with Gasteiger partial charge < -0.3 is 15.0 Å². The molecule has 0 bridgehead atoms.